The number of aromatic nitrogens is 1. The molecule has 16 heavy (non-hydrogen) atoms. The molecule has 1 saturated carbocycles. The number of hydrogen-bond donors (Lipinski definition) is 1. The zero-order chi connectivity index (χ0) is 12.0. The van der Waals surface area contributed by atoms with Crippen LogP contribution in [-0.2, 0) is 10.0 Å². The standard InChI is InChI=1S/C9H10F2N2O2S/c10-9(11)4-6(5-9)8-7(16(12,14)15)2-1-3-13-8/h1-3,6H,4-5H2,(H2,12,14,15). The molecule has 88 valence electrons. The first-order chi connectivity index (χ1) is 7.30. The number of primary sulfonamides is 1. The minimum absolute atomic E-state index is 0.149. The van der Waals surface area contributed by atoms with Gasteiger partial charge in [0.2, 0.25) is 15.9 Å². The van der Waals surface area contributed by atoms with Gasteiger partial charge in [-0.1, -0.05) is 0 Å². The molecule has 0 atom stereocenters. The maximum atomic E-state index is 12.7. The fraction of sp³-hybridized carbons (Fsp3) is 0.444. The van der Waals surface area contributed by atoms with E-state index in [2.05, 4.69) is 4.98 Å². The maximum absolute atomic E-state index is 12.7. The molecule has 1 aromatic heterocycles. The smallest absolute Gasteiger partial charge is 0.249 e. The van der Waals surface area contributed by atoms with E-state index >= 15 is 0 Å². The number of halogens is 2. The third kappa shape index (κ3) is 2.05. The number of sulfonamides is 1. The van der Waals surface area contributed by atoms with Gasteiger partial charge < -0.3 is 0 Å². The molecule has 0 amide bonds. The lowest BCUT2D eigenvalue weighted by molar-refractivity contribution is -0.0882. The number of nitrogens with two attached hydrogens (primary N) is 1. The molecule has 0 radical (unpaired) electrons. The van der Waals surface area contributed by atoms with Gasteiger partial charge in [0.15, 0.2) is 0 Å². The molecular formula is C9H10F2N2O2S. The van der Waals surface area contributed by atoms with E-state index in [9.17, 15) is 17.2 Å². The molecule has 0 aliphatic heterocycles. The van der Waals surface area contributed by atoms with Crippen molar-refractivity contribution < 1.29 is 17.2 Å². The summed E-state index contributed by atoms with van der Waals surface area (Å²) in [7, 11) is -3.90. The van der Waals surface area contributed by atoms with E-state index in [0.717, 1.165) is 0 Å². The minimum Gasteiger partial charge on any atom is -0.260 e. The first kappa shape index (κ1) is 11.4. The predicted molar refractivity (Wildman–Crippen MR) is 52.5 cm³/mol. The monoisotopic (exact) mass is 248 g/mol. The Labute approximate surface area is 91.5 Å². The SMILES string of the molecule is NS(=O)(=O)c1cccnc1C1CC(F)(F)C1. The molecule has 1 heterocycles. The van der Waals surface area contributed by atoms with Crippen LogP contribution in [0.3, 0.4) is 0 Å². The van der Waals surface area contributed by atoms with E-state index in [1.54, 1.807) is 0 Å². The van der Waals surface area contributed by atoms with Gasteiger partial charge in [0.05, 0.1) is 5.69 Å². The van der Waals surface area contributed by atoms with E-state index in [1.807, 2.05) is 0 Å². The second kappa shape index (κ2) is 3.46. The molecule has 7 heteroatoms. The highest BCUT2D eigenvalue weighted by molar-refractivity contribution is 7.89. The molecule has 1 aliphatic carbocycles. The molecule has 2 rings (SSSR count). The third-order valence-electron chi connectivity index (χ3n) is 2.58. The van der Waals surface area contributed by atoms with Crippen LogP contribution >= 0.6 is 0 Å². The van der Waals surface area contributed by atoms with Crippen molar-refractivity contribution in [2.45, 2.75) is 29.6 Å². The Morgan fingerprint density at radius 2 is 2.06 bits per heavy atom. The molecule has 4 nitrogen and oxygen atoms in total. The van der Waals surface area contributed by atoms with Gasteiger partial charge in [-0.05, 0) is 12.1 Å². The first-order valence-corrected chi connectivity index (χ1v) is 6.20. The zero-order valence-corrected chi connectivity index (χ0v) is 9.05. The largest absolute Gasteiger partial charge is 0.260 e. The summed E-state index contributed by atoms with van der Waals surface area (Å²) in [5, 5.41) is 4.99. The van der Waals surface area contributed by atoms with Crippen LogP contribution in [-0.4, -0.2) is 19.3 Å². The highest BCUT2D eigenvalue weighted by atomic mass is 32.2. The van der Waals surface area contributed by atoms with Crippen molar-refractivity contribution in [2.75, 3.05) is 0 Å². The van der Waals surface area contributed by atoms with Crippen molar-refractivity contribution in [2.24, 2.45) is 5.14 Å². The summed E-state index contributed by atoms with van der Waals surface area (Å²) < 4.78 is 47.8. The summed E-state index contributed by atoms with van der Waals surface area (Å²) in [6.45, 7) is 0. The minimum atomic E-state index is -3.90. The van der Waals surface area contributed by atoms with Crippen LogP contribution in [0, 0.1) is 0 Å². The van der Waals surface area contributed by atoms with Crippen molar-refractivity contribution in [3.8, 4) is 0 Å². The summed E-state index contributed by atoms with van der Waals surface area (Å²) in [4.78, 5) is 3.68. The van der Waals surface area contributed by atoms with Crippen molar-refractivity contribution in [3.05, 3.63) is 24.0 Å². The Bertz CT molecular complexity index is 508. The van der Waals surface area contributed by atoms with Crippen LogP contribution in [0.5, 0.6) is 0 Å². The fourth-order valence-electron chi connectivity index (χ4n) is 1.80. The summed E-state index contributed by atoms with van der Waals surface area (Å²) in [6.07, 6.45) is 0.638. The fourth-order valence-corrected chi connectivity index (χ4v) is 2.58. The van der Waals surface area contributed by atoms with Gasteiger partial charge >= 0.3 is 0 Å². The molecule has 2 N–H and O–H groups in total. The number of rotatable bonds is 2. The molecule has 0 unspecified atom stereocenters. The van der Waals surface area contributed by atoms with Crippen molar-refractivity contribution >= 4 is 10.0 Å². The van der Waals surface area contributed by atoms with Crippen LogP contribution in [0.1, 0.15) is 24.5 Å². The normalized spacial score (nSPS) is 20.4. The second-order valence-electron chi connectivity index (χ2n) is 3.89. The van der Waals surface area contributed by atoms with Gasteiger partial charge in [0.25, 0.3) is 0 Å². The van der Waals surface area contributed by atoms with Crippen molar-refractivity contribution in [1.82, 2.24) is 4.98 Å². The van der Waals surface area contributed by atoms with E-state index in [0.29, 0.717) is 0 Å². The Balaban J connectivity index is 2.36. The van der Waals surface area contributed by atoms with Gasteiger partial charge in [-0.3, -0.25) is 4.98 Å². The summed E-state index contributed by atoms with van der Waals surface area (Å²) >= 11 is 0. The van der Waals surface area contributed by atoms with Gasteiger partial charge in [0, 0.05) is 25.0 Å². The highest BCUT2D eigenvalue weighted by Gasteiger charge is 2.47. The van der Waals surface area contributed by atoms with Gasteiger partial charge in [-0.15, -0.1) is 0 Å². The summed E-state index contributed by atoms with van der Waals surface area (Å²) in [5.74, 6) is -3.23. The zero-order valence-electron chi connectivity index (χ0n) is 8.23. The van der Waals surface area contributed by atoms with Crippen LogP contribution in [0.15, 0.2) is 23.2 Å². The summed E-state index contributed by atoms with van der Waals surface area (Å²) in [6, 6.07) is 2.70. The molecule has 0 saturated heterocycles. The molecule has 1 fully saturated rings. The van der Waals surface area contributed by atoms with E-state index in [1.165, 1.54) is 18.3 Å². The second-order valence-corrected chi connectivity index (χ2v) is 5.42. The average molecular weight is 248 g/mol. The quantitative estimate of drug-likeness (QED) is 0.855. The predicted octanol–water partition coefficient (Wildman–Crippen LogP) is 1.24. The number of pyridine rings is 1. The lowest BCUT2D eigenvalue weighted by atomic mass is 9.79. The molecule has 0 bridgehead atoms. The van der Waals surface area contributed by atoms with E-state index in [4.69, 9.17) is 5.14 Å². The topological polar surface area (TPSA) is 73.1 Å². The molecule has 0 aromatic carbocycles. The lowest BCUT2D eigenvalue weighted by Crippen LogP contribution is -2.35. The third-order valence-corrected chi connectivity index (χ3v) is 3.54. The number of alkyl halides is 2. The first-order valence-electron chi connectivity index (χ1n) is 4.65. The Morgan fingerprint density at radius 1 is 1.44 bits per heavy atom. The van der Waals surface area contributed by atoms with Crippen molar-refractivity contribution in [3.63, 3.8) is 0 Å². The Morgan fingerprint density at radius 3 is 2.56 bits per heavy atom. The molecule has 1 aliphatic rings. The van der Waals surface area contributed by atoms with E-state index in [-0.39, 0.29) is 23.4 Å². The lowest BCUT2D eigenvalue weighted by Gasteiger charge is -2.34. The molecular weight excluding hydrogens is 238 g/mol. The highest BCUT2D eigenvalue weighted by Crippen LogP contribution is 2.48. The van der Waals surface area contributed by atoms with Gasteiger partial charge in [-0.2, -0.15) is 0 Å². The molecule has 0 spiro atoms. The van der Waals surface area contributed by atoms with Crippen LogP contribution in [0.2, 0.25) is 0 Å². The number of hydrogen-bond acceptors (Lipinski definition) is 3. The van der Waals surface area contributed by atoms with Gasteiger partial charge in [-0.25, -0.2) is 22.3 Å². The van der Waals surface area contributed by atoms with Crippen LogP contribution in [0.4, 0.5) is 8.78 Å². The van der Waals surface area contributed by atoms with Crippen molar-refractivity contribution in [1.29, 1.82) is 0 Å². The average Bonchev–Trinajstić information content (AvgIpc) is 2.12. The van der Waals surface area contributed by atoms with Crippen LogP contribution < -0.4 is 5.14 Å². The van der Waals surface area contributed by atoms with E-state index < -0.39 is 21.9 Å². The summed E-state index contributed by atoms with van der Waals surface area (Å²) in [5.41, 5.74) is 0.149. The maximum Gasteiger partial charge on any atom is 0.249 e. The number of nitrogens with zero attached hydrogens (tertiary/aromatic N) is 1. The van der Waals surface area contributed by atoms with Gasteiger partial charge in [0.1, 0.15) is 4.90 Å². The van der Waals surface area contributed by atoms with Crippen LogP contribution in [0.25, 0.3) is 0 Å². The Kier molecular flexibility index (Phi) is 2.47. The Hall–Kier alpha value is -1.08. The molecule has 1 aromatic rings.